The predicted octanol–water partition coefficient (Wildman–Crippen LogP) is 3.00. The molecule has 8 heteroatoms. The topological polar surface area (TPSA) is 92.5 Å². The summed E-state index contributed by atoms with van der Waals surface area (Å²) < 4.78 is 32.5. The Morgan fingerprint density at radius 3 is 2.66 bits per heavy atom. The Morgan fingerprint density at radius 2 is 2.03 bits per heavy atom. The maximum Gasteiger partial charge on any atom is 0.248 e. The average molecular weight is 420 g/mol. The molecular weight excluding hydrogens is 390 g/mol. The molecule has 29 heavy (non-hydrogen) atoms. The van der Waals surface area contributed by atoms with Gasteiger partial charge in [0.25, 0.3) is 0 Å². The summed E-state index contributed by atoms with van der Waals surface area (Å²) in [6, 6.07) is 10.1. The second-order valence-electron chi connectivity index (χ2n) is 7.62. The Hall–Kier alpha value is -2.19. The molecule has 1 aromatic heterocycles. The van der Waals surface area contributed by atoms with Crippen molar-refractivity contribution >= 4 is 15.9 Å². The minimum absolute atomic E-state index is 0.0851. The first kappa shape index (κ1) is 21.5. The van der Waals surface area contributed by atoms with Crippen LogP contribution in [0, 0.1) is 19.8 Å². The summed E-state index contributed by atoms with van der Waals surface area (Å²) in [7, 11) is -3.73. The molecule has 0 aliphatic carbocycles. The number of rotatable bonds is 7. The van der Waals surface area contributed by atoms with E-state index >= 15 is 0 Å². The van der Waals surface area contributed by atoms with Crippen molar-refractivity contribution in [1.29, 1.82) is 0 Å². The molecule has 2 atom stereocenters. The molecule has 3 rings (SSSR count). The summed E-state index contributed by atoms with van der Waals surface area (Å²) in [5.41, 5.74) is 1.55. The predicted molar refractivity (Wildman–Crippen MR) is 110 cm³/mol. The Morgan fingerprint density at radius 1 is 1.31 bits per heavy atom. The number of hydrogen-bond donors (Lipinski definition) is 1. The van der Waals surface area contributed by atoms with Gasteiger partial charge in [0, 0.05) is 25.6 Å². The first-order valence-electron chi connectivity index (χ1n) is 10.1. The van der Waals surface area contributed by atoms with Gasteiger partial charge in [-0.1, -0.05) is 42.4 Å². The second-order valence-corrected chi connectivity index (χ2v) is 9.49. The fraction of sp³-hybridized carbons (Fsp3) is 0.524. The molecule has 1 amide bonds. The van der Waals surface area contributed by atoms with Gasteiger partial charge in [0.2, 0.25) is 15.9 Å². The monoisotopic (exact) mass is 419 g/mol. The van der Waals surface area contributed by atoms with E-state index in [0.29, 0.717) is 31.6 Å². The number of sulfonamides is 1. The van der Waals surface area contributed by atoms with Crippen molar-refractivity contribution in [3.05, 3.63) is 47.3 Å². The van der Waals surface area contributed by atoms with Crippen LogP contribution >= 0.6 is 0 Å². The van der Waals surface area contributed by atoms with E-state index in [1.165, 1.54) is 9.87 Å². The van der Waals surface area contributed by atoms with Crippen LogP contribution < -0.4 is 5.32 Å². The zero-order chi connectivity index (χ0) is 21.0. The summed E-state index contributed by atoms with van der Waals surface area (Å²) in [6.07, 6.45) is 2.25. The summed E-state index contributed by atoms with van der Waals surface area (Å²) in [5, 5.41) is 6.80. The third kappa shape index (κ3) is 4.70. The number of hydrogen-bond acceptors (Lipinski definition) is 5. The number of amides is 1. The van der Waals surface area contributed by atoms with Gasteiger partial charge in [0.05, 0.1) is 5.92 Å². The van der Waals surface area contributed by atoms with Crippen LogP contribution in [-0.4, -0.2) is 43.4 Å². The minimum atomic E-state index is -3.73. The van der Waals surface area contributed by atoms with Gasteiger partial charge in [-0.05, 0) is 38.7 Å². The van der Waals surface area contributed by atoms with Crippen molar-refractivity contribution in [2.45, 2.75) is 50.8 Å². The highest BCUT2D eigenvalue weighted by Crippen LogP contribution is 2.28. The van der Waals surface area contributed by atoms with Crippen LogP contribution in [0.3, 0.4) is 0 Å². The first-order valence-corrected chi connectivity index (χ1v) is 11.5. The zero-order valence-electron chi connectivity index (χ0n) is 17.2. The average Bonchev–Trinajstić information content (AvgIpc) is 3.08. The molecule has 0 spiro atoms. The van der Waals surface area contributed by atoms with Crippen LogP contribution in [0.4, 0.5) is 0 Å². The zero-order valence-corrected chi connectivity index (χ0v) is 18.0. The lowest BCUT2D eigenvalue weighted by atomic mass is 9.95. The molecule has 2 heterocycles. The van der Waals surface area contributed by atoms with E-state index in [1.807, 2.05) is 18.2 Å². The van der Waals surface area contributed by atoms with Gasteiger partial charge in [-0.2, -0.15) is 4.31 Å². The molecule has 1 N–H and O–H groups in total. The standard InChI is InChI=1S/C21H29N3O4S/c1-4-17(18-9-6-5-7-10-18)13-22-21(25)19-11-8-12-24(14-19)29(26,27)20-15(2)23-28-16(20)3/h5-7,9-10,17,19H,4,8,11-14H2,1-3H3,(H,22,25)/t17-,19+/m0/s1. The lowest BCUT2D eigenvalue weighted by Gasteiger charge is -2.31. The van der Waals surface area contributed by atoms with E-state index in [9.17, 15) is 13.2 Å². The van der Waals surface area contributed by atoms with Gasteiger partial charge in [0.15, 0.2) is 5.76 Å². The minimum Gasteiger partial charge on any atom is -0.360 e. The molecule has 1 aliphatic heterocycles. The van der Waals surface area contributed by atoms with Gasteiger partial charge in [-0.15, -0.1) is 0 Å². The Balaban J connectivity index is 1.65. The quantitative estimate of drug-likeness (QED) is 0.745. The molecule has 1 fully saturated rings. The molecule has 1 aromatic carbocycles. The first-order chi connectivity index (χ1) is 13.8. The largest absolute Gasteiger partial charge is 0.360 e. The van der Waals surface area contributed by atoms with Crippen molar-refractivity contribution < 1.29 is 17.7 Å². The van der Waals surface area contributed by atoms with E-state index < -0.39 is 10.0 Å². The van der Waals surface area contributed by atoms with Crippen molar-refractivity contribution in [2.24, 2.45) is 5.92 Å². The fourth-order valence-corrected chi connectivity index (χ4v) is 5.75. The number of aryl methyl sites for hydroxylation is 2. The maximum atomic E-state index is 13.0. The van der Waals surface area contributed by atoms with Crippen molar-refractivity contribution in [3.63, 3.8) is 0 Å². The van der Waals surface area contributed by atoms with Crippen molar-refractivity contribution in [1.82, 2.24) is 14.8 Å². The summed E-state index contributed by atoms with van der Waals surface area (Å²) in [5.74, 6) is 0.0823. The summed E-state index contributed by atoms with van der Waals surface area (Å²) >= 11 is 0. The molecular formula is C21H29N3O4S. The maximum absolute atomic E-state index is 13.0. The SMILES string of the molecule is CC[C@@H](CNC(=O)[C@@H]1CCCN(S(=O)(=O)c2c(C)noc2C)C1)c1ccccc1. The number of nitrogens with zero attached hydrogens (tertiary/aromatic N) is 2. The molecule has 0 bridgehead atoms. The van der Waals surface area contributed by atoms with Crippen LogP contribution in [0.5, 0.6) is 0 Å². The molecule has 0 saturated carbocycles. The van der Waals surface area contributed by atoms with E-state index in [2.05, 4.69) is 29.5 Å². The van der Waals surface area contributed by atoms with Crippen LogP contribution in [0.2, 0.25) is 0 Å². The number of carbonyl (C=O) groups excluding carboxylic acids is 1. The highest BCUT2D eigenvalue weighted by atomic mass is 32.2. The normalized spacial score (nSPS) is 19.1. The van der Waals surface area contributed by atoms with Gasteiger partial charge < -0.3 is 9.84 Å². The molecule has 1 aliphatic rings. The molecule has 1 saturated heterocycles. The lowest BCUT2D eigenvalue weighted by Crippen LogP contribution is -2.46. The fourth-order valence-electron chi connectivity index (χ4n) is 3.94. The third-order valence-electron chi connectivity index (χ3n) is 5.61. The summed E-state index contributed by atoms with van der Waals surface area (Å²) in [4.78, 5) is 12.9. The van der Waals surface area contributed by atoms with Gasteiger partial charge in [0.1, 0.15) is 10.6 Å². The highest BCUT2D eigenvalue weighted by molar-refractivity contribution is 7.89. The van der Waals surface area contributed by atoms with E-state index in [0.717, 1.165) is 6.42 Å². The van der Waals surface area contributed by atoms with Crippen LogP contribution in [-0.2, 0) is 14.8 Å². The molecule has 0 unspecified atom stereocenters. The van der Waals surface area contributed by atoms with E-state index in [1.54, 1.807) is 13.8 Å². The molecule has 7 nitrogen and oxygen atoms in total. The number of aromatic nitrogens is 1. The Bertz CT molecular complexity index is 921. The molecule has 0 radical (unpaired) electrons. The van der Waals surface area contributed by atoms with Crippen LogP contribution in [0.15, 0.2) is 39.8 Å². The van der Waals surface area contributed by atoms with Crippen LogP contribution in [0.1, 0.15) is 49.1 Å². The molecule has 158 valence electrons. The van der Waals surface area contributed by atoms with Gasteiger partial charge in [-0.3, -0.25) is 4.79 Å². The highest BCUT2D eigenvalue weighted by Gasteiger charge is 2.36. The number of benzene rings is 1. The van der Waals surface area contributed by atoms with Crippen LogP contribution in [0.25, 0.3) is 0 Å². The number of nitrogens with one attached hydrogen (secondary N) is 1. The van der Waals surface area contributed by atoms with E-state index in [4.69, 9.17) is 4.52 Å². The number of piperidine rings is 1. The van der Waals surface area contributed by atoms with Crippen molar-refractivity contribution in [2.75, 3.05) is 19.6 Å². The summed E-state index contributed by atoms with van der Waals surface area (Å²) in [6.45, 7) is 6.44. The second kappa shape index (κ2) is 9.09. The lowest BCUT2D eigenvalue weighted by molar-refractivity contribution is -0.126. The van der Waals surface area contributed by atoms with Gasteiger partial charge in [-0.25, -0.2) is 8.42 Å². The Labute approximate surface area is 172 Å². The van der Waals surface area contributed by atoms with E-state index in [-0.39, 0.29) is 34.9 Å². The molecule has 2 aromatic rings. The van der Waals surface area contributed by atoms with Crippen molar-refractivity contribution in [3.8, 4) is 0 Å². The number of carbonyl (C=O) groups is 1. The third-order valence-corrected chi connectivity index (χ3v) is 7.72. The van der Waals surface area contributed by atoms with Gasteiger partial charge >= 0.3 is 0 Å². The smallest absolute Gasteiger partial charge is 0.248 e. The Kier molecular flexibility index (Phi) is 6.74.